The Morgan fingerprint density at radius 2 is 2.11 bits per heavy atom. The van der Waals surface area contributed by atoms with Crippen molar-refractivity contribution in [3.63, 3.8) is 0 Å². The van der Waals surface area contributed by atoms with E-state index in [1.807, 2.05) is 0 Å². The zero-order valence-corrected chi connectivity index (χ0v) is 10.4. The zero-order valence-electron chi connectivity index (χ0n) is 10.4. The van der Waals surface area contributed by atoms with Gasteiger partial charge in [-0.15, -0.1) is 0 Å². The molecule has 1 unspecified atom stereocenters. The number of nitrogens with one attached hydrogen (secondary N) is 1. The molecule has 6 heteroatoms. The summed E-state index contributed by atoms with van der Waals surface area (Å²) < 4.78 is 5.40. The molecular weight excluding hydrogens is 236 g/mol. The van der Waals surface area contributed by atoms with E-state index in [2.05, 4.69) is 5.32 Å². The van der Waals surface area contributed by atoms with E-state index < -0.39 is 12.0 Å². The fourth-order valence-electron chi connectivity index (χ4n) is 2.13. The number of amides is 2. The molecule has 18 heavy (non-hydrogen) atoms. The maximum atomic E-state index is 11.8. The summed E-state index contributed by atoms with van der Waals surface area (Å²) in [4.78, 5) is 24.1. The first-order valence-corrected chi connectivity index (χ1v) is 6.53. The molecule has 102 valence electrons. The van der Waals surface area contributed by atoms with Gasteiger partial charge in [-0.2, -0.15) is 0 Å². The van der Waals surface area contributed by atoms with Crippen LogP contribution in [0.1, 0.15) is 25.7 Å². The van der Waals surface area contributed by atoms with Gasteiger partial charge in [-0.1, -0.05) is 0 Å². The van der Waals surface area contributed by atoms with Gasteiger partial charge in [0.1, 0.15) is 6.04 Å². The lowest BCUT2D eigenvalue weighted by Gasteiger charge is -2.21. The summed E-state index contributed by atoms with van der Waals surface area (Å²) in [6.07, 6.45) is 3.80. The second-order valence-corrected chi connectivity index (χ2v) is 4.94. The standard InChI is InChI=1S/C12H20N2O4/c15-11(16)10-2-1-6-14(10)12(17)13-5-7-18-8-9-3-4-9/h9-10H,1-8H2,(H,13,17)(H,15,16). The molecule has 2 amide bonds. The van der Waals surface area contributed by atoms with Gasteiger partial charge in [0.2, 0.25) is 0 Å². The second kappa shape index (κ2) is 6.04. The highest BCUT2D eigenvalue weighted by Crippen LogP contribution is 2.28. The zero-order chi connectivity index (χ0) is 13.0. The van der Waals surface area contributed by atoms with Gasteiger partial charge in [0.25, 0.3) is 0 Å². The molecule has 1 heterocycles. The van der Waals surface area contributed by atoms with Crippen LogP contribution in [0.3, 0.4) is 0 Å². The molecular formula is C12H20N2O4. The molecule has 2 N–H and O–H groups in total. The summed E-state index contributed by atoms with van der Waals surface area (Å²) in [5, 5.41) is 11.7. The number of carboxylic acids is 1. The highest BCUT2D eigenvalue weighted by molar-refractivity contribution is 5.83. The van der Waals surface area contributed by atoms with Crippen LogP contribution >= 0.6 is 0 Å². The first-order valence-electron chi connectivity index (χ1n) is 6.53. The Hall–Kier alpha value is -1.30. The Kier molecular flexibility index (Phi) is 4.41. The number of likely N-dealkylation sites (tertiary alicyclic amines) is 1. The monoisotopic (exact) mass is 256 g/mol. The first kappa shape index (κ1) is 13.1. The third kappa shape index (κ3) is 3.60. The highest BCUT2D eigenvalue weighted by Gasteiger charge is 2.33. The van der Waals surface area contributed by atoms with Crippen LogP contribution < -0.4 is 5.32 Å². The van der Waals surface area contributed by atoms with Crippen LogP contribution in [0.25, 0.3) is 0 Å². The summed E-state index contributed by atoms with van der Waals surface area (Å²) in [6, 6.07) is -0.965. The molecule has 0 spiro atoms. The Labute approximate surface area is 106 Å². The molecule has 0 bridgehead atoms. The predicted octanol–water partition coefficient (Wildman–Crippen LogP) is 0.672. The van der Waals surface area contributed by atoms with Gasteiger partial charge in [-0.05, 0) is 31.6 Å². The van der Waals surface area contributed by atoms with Crippen molar-refractivity contribution in [2.75, 3.05) is 26.3 Å². The normalized spacial score (nSPS) is 23.1. The minimum absolute atomic E-state index is 0.296. The lowest BCUT2D eigenvalue weighted by Crippen LogP contribution is -2.46. The molecule has 1 saturated carbocycles. The van der Waals surface area contributed by atoms with E-state index in [1.54, 1.807) is 0 Å². The fraction of sp³-hybridized carbons (Fsp3) is 0.833. The molecule has 2 fully saturated rings. The average Bonchev–Trinajstić information content (AvgIpc) is 3.02. The quantitative estimate of drug-likeness (QED) is 0.685. The van der Waals surface area contributed by atoms with Gasteiger partial charge in [0.15, 0.2) is 0 Å². The number of carbonyl (C=O) groups is 2. The lowest BCUT2D eigenvalue weighted by molar-refractivity contribution is -0.141. The fourth-order valence-corrected chi connectivity index (χ4v) is 2.13. The molecule has 2 rings (SSSR count). The van der Waals surface area contributed by atoms with Crippen molar-refractivity contribution in [3.8, 4) is 0 Å². The van der Waals surface area contributed by atoms with Crippen LogP contribution in [0.4, 0.5) is 4.79 Å². The number of urea groups is 1. The van der Waals surface area contributed by atoms with Gasteiger partial charge < -0.3 is 20.1 Å². The smallest absolute Gasteiger partial charge is 0.326 e. The van der Waals surface area contributed by atoms with Crippen LogP contribution in [-0.4, -0.2) is 54.4 Å². The minimum atomic E-state index is -0.923. The van der Waals surface area contributed by atoms with Gasteiger partial charge in [0, 0.05) is 19.7 Å². The molecule has 0 radical (unpaired) electrons. The number of carboxylic acid groups (broad SMARTS) is 1. The van der Waals surface area contributed by atoms with E-state index in [9.17, 15) is 9.59 Å². The Balaban J connectivity index is 1.62. The van der Waals surface area contributed by atoms with E-state index in [0.717, 1.165) is 18.9 Å². The van der Waals surface area contributed by atoms with Crippen molar-refractivity contribution in [3.05, 3.63) is 0 Å². The maximum absolute atomic E-state index is 11.8. The number of ether oxygens (including phenoxy) is 1. The second-order valence-electron chi connectivity index (χ2n) is 4.94. The van der Waals surface area contributed by atoms with E-state index >= 15 is 0 Å². The van der Waals surface area contributed by atoms with Crippen LogP contribution in [0.2, 0.25) is 0 Å². The first-order chi connectivity index (χ1) is 8.68. The topological polar surface area (TPSA) is 78.9 Å². The molecule has 2 aliphatic rings. The van der Waals surface area contributed by atoms with Gasteiger partial charge in [-0.3, -0.25) is 0 Å². The van der Waals surface area contributed by atoms with Gasteiger partial charge in [0.05, 0.1) is 6.61 Å². The number of hydrogen-bond donors (Lipinski definition) is 2. The van der Waals surface area contributed by atoms with E-state index in [-0.39, 0.29) is 6.03 Å². The van der Waals surface area contributed by atoms with Crippen molar-refractivity contribution in [2.45, 2.75) is 31.7 Å². The van der Waals surface area contributed by atoms with Crippen molar-refractivity contribution < 1.29 is 19.4 Å². The largest absolute Gasteiger partial charge is 0.480 e. The van der Waals surface area contributed by atoms with Crippen molar-refractivity contribution in [1.82, 2.24) is 10.2 Å². The van der Waals surface area contributed by atoms with Crippen LogP contribution in [0.15, 0.2) is 0 Å². The highest BCUT2D eigenvalue weighted by atomic mass is 16.5. The minimum Gasteiger partial charge on any atom is -0.480 e. The van der Waals surface area contributed by atoms with E-state index in [0.29, 0.717) is 26.1 Å². The molecule has 1 saturated heterocycles. The third-order valence-electron chi connectivity index (χ3n) is 3.37. The summed E-state index contributed by atoms with van der Waals surface area (Å²) in [6.45, 7) is 2.23. The van der Waals surface area contributed by atoms with Crippen molar-refractivity contribution in [1.29, 1.82) is 0 Å². The van der Waals surface area contributed by atoms with Crippen LogP contribution in [0.5, 0.6) is 0 Å². The number of nitrogens with zero attached hydrogens (tertiary/aromatic N) is 1. The Morgan fingerprint density at radius 3 is 2.78 bits per heavy atom. The summed E-state index contributed by atoms with van der Waals surface area (Å²) in [5.74, 6) is -0.205. The van der Waals surface area contributed by atoms with Crippen molar-refractivity contribution in [2.24, 2.45) is 5.92 Å². The number of rotatable bonds is 6. The van der Waals surface area contributed by atoms with E-state index in [1.165, 1.54) is 17.7 Å². The maximum Gasteiger partial charge on any atom is 0.326 e. The summed E-state index contributed by atoms with van der Waals surface area (Å²) in [7, 11) is 0. The average molecular weight is 256 g/mol. The van der Waals surface area contributed by atoms with Gasteiger partial charge >= 0.3 is 12.0 Å². The predicted molar refractivity (Wildman–Crippen MR) is 64.3 cm³/mol. The SMILES string of the molecule is O=C(O)C1CCCN1C(=O)NCCOCC1CC1. The molecule has 0 aromatic rings. The molecule has 6 nitrogen and oxygen atoms in total. The molecule has 1 atom stereocenters. The number of hydrogen-bond acceptors (Lipinski definition) is 3. The number of carbonyl (C=O) groups excluding carboxylic acids is 1. The number of aliphatic carboxylic acids is 1. The molecule has 0 aromatic carbocycles. The third-order valence-corrected chi connectivity index (χ3v) is 3.37. The van der Waals surface area contributed by atoms with Crippen molar-refractivity contribution >= 4 is 12.0 Å². The molecule has 0 aromatic heterocycles. The van der Waals surface area contributed by atoms with E-state index in [4.69, 9.17) is 9.84 Å². The molecule has 1 aliphatic heterocycles. The van der Waals surface area contributed by atoms with Gasteiger partial charge in [-0.25, -0.2) is 9.59 Å². The summed E-state index contributed by atoms with van der Waals surface area (Å²) >= 11 is 0. The van der Waals surface area contributed by atoms with Crippen LogP contribution in [0, 0.1) is 5.92 Å². The molecule has 1 aliphatic carbocycles. The lowest BCUT2D eigenvalue weighted by atomic mass is 10.2. The summed E-state index contributed by atoms with van der Waals surface area (Å²) in [5.41, 5.74) is 0. The Morgan fingerprint density at radius 1 is 1.33 bits per heavy atom. The Bertz CT molecular complexity index is 317. The van der Waals surface area contributed by atoms with Crippen LogP contribution in [-0.2, 0) is 9.53 Å².